The molecule has 4 rings (SSSR count). The molecule has 4 amide bonds. The summed E-state index contributed by atoms with van der Waals surface area (Å²) >= 11 is 6.36. The van der Waals surface area contributed by atoms with Crippen molar-refractivity contribution in [1.82, 2.24) is 0 Å². The van der Waals surface area contributed by atoms with Crippen molar-refractivity contribution in [2.75, 3.05) is 23.5 Å². The van der Waals surface area contributed by atoms with Crippen molar-refractivity contribution in [3.8, 4) is 23.8 Å². The number of anilines is 2. The number of benzene rings is 3. The number of barbiturate groups is 1. The Morgan fingerprint density at radius 3 is 1.94 bits per heavy atom. The molecule has 35 heavy (non-hydrogen) atoms. The number of nitrogens with zero attached hydrogens (tertiary/aromatic N) is 2. The number of para-hydroxylation sites is 2. The first-order valence-electron chi connectivity index (χ1n) is 10.4. The maximum atomic E-state index is 13.5. The third kappa shape index (κ3) is 4.60. The van der Waals surface area contributed by atoms with Crippen molar-refractivity contribution in [3.63, 3.8) is 0 Å². The number of rotatable bonds is 6. The summed E-state index contributed by atoms with van der Waals surface area (Å²) in [7, 11) is 1.43. The van der Waals surface area contributed by atoms with Gasteiger partial charge in [0.25, 0.3) is 11.8 Å². The molecule has 8 heteroatoms. The molecule has 0 atom stereocenters. The average molecular weight is 487 g/mol. The highest BCUT2D eigenvalue weighted by atomic mass is 35.5. The highest BCUT2D eigenvalue weighted by molar-refractivity contribution is 6.46. The van der Waals surface area contributed by atoms with Gasteiger partial charge >= 0.3 is 6.03 Å². The van der Waals surface area contributed by atoms with Crippen LogP contribution in [-0.2, 0) is 9.59 Å². The highest BCUT2D eigenvalue weighted by Gasteiger charge is 2.43. The van der Waals surface area contributed by atoms with Crippen LogP contribution in [-0.4, -0.2) is 31.6 Å². The molecule has 1 saturated heterocycles. The van der Waals surface area contributed by atoms with Gasteiger partial charge in [0.15, 0.2) is 11.5 Å². The van der Waals surface area contributed by atoms with Crippen molar-refractivity contribution in [2.45, 2.75) is 0 Å². The Labute approximate surface area is 207 Å². The van der Waals surface area contributed by atoms with Crippen LogP contribution in [0.1, 0.15) is 5.56 Å². The Balaban J connectivity index is 1.85. The van der Waals surface area contributed by atoms with Crippen LogP contribution in [0.15, 0.2) is 78.4 Å². The minimum Gasteiger partial charge on any atom is -0.493 e. The van der Waals surface area contributed by atoms with Gasteiger partial charge in [0.1, 0.15) is 12.2 Å². The number of carbonyl (C=O) groups is 3. The first kappa shape index (κ1) is 23.6. The minimum atomic E-state index is -0.775. The summed E-state index contributed by atoms with van der Waals surface area (Å²) in [6.45, 7) is -0.0202. The van der Waals surface area contributed by atoms with E-state index < -0.39 is 17.8 Å². The molecule has 3 aromatic rings. The predicted molar refractivity (Wildman–Crippen MR) is 134 cm³/mol. The van der Waals surface area contributed by atoms with Gasteiger partial charge in [0.05, 0.1) is 23.5 Å². The molecule has 1 aliphatic rings. The number of ether oxygens (including phenoxy) is 2. The number of imide groups is 2. The van der Waals surface area contributed by atoms with Gasteiger partial charge in [-0.25, -0.2) is 14.6 Å². The SMILES string of the molecule is C#CCOc1c(Cl)cc(C=C2C(=O)N(c3ccccc3)C(=O)N(c3ccccc3)C2=O)cc1OC. The van der Waals surface area contributed by atoms with Gasteiger partial charge in [0.2, 0.25) is 0 Å². The fourth-order valence-electron chi connectivity index (χ4n) is 3.58. The molecule has 3 aromatic carbocycles. The molecule has 0 spiro atoms. The van der Waals surface area contributed by atoms with Crippen LogP contribution in [0, 0.1) is 12.3 Å². The molecule has 0 bridgehead atoms. The predicted octanol–water partition coefficient (Wildman–Crippen LogP) is 4.94. The van der Waals surface area contributed by atoms with Gasteiger partial charge in [-0.3, -0.25) is 9.59 Å². The van der Waals surface area contributed by atoms with Crippen LogP contribution in [0.3, 0.4) is 0 Å². The lowest BCUT2D eigenvalue weighted by molar-refractivity contribution is -0.121. The number of halogens is 1. The Bertz CT molecular complexity index is 1300. The molecule has 0 N–H and O–H groups in total. The monoisotopic (exact) mass is 486 g/mol. The molecule has 0 aliphatic carbocycles. The average Bonchev–Trinajstić information content (AvgIpc) is 2.87. The molecule has 1 fully saturated rings. The molecule has 0 radical (unpaired) electrons. The Morgan fingerprint density at radius 1 is 0.914 bits per heavy atom. The maximum absolute atomic E-state index is 13.5. The van der Waals surface area contributed by atoms with E-state index >= 15 is 0 Å². The number of hydrogen-bond donors (Lipinski definition) is 0. The van der Waals surface area contributed by atoms with E-state index in [9.17, 15) is 14.4 Å². The third-order valence-electron chi connectivity index (χ3n) is 5.14. The number of carbonyl (C=O) groups excluding carboxylic acids is 3. The fourth-order valence-corrected chi connectivity index (χ4v) is 3.86. The third-order valence-corrected chi connectivity index (χ3v) is 5.42. The maximum Gasteiger partial charge on any atom is 0.343 e. The lowest BCUT2D eigenvalue weighted by Gasteiger charge is -2.34. The number of methoxy groups -OCH3 is 1. The second-order valence-electron chi connectivity index (χ2n) is 7.32. The molecule has 0 unspecified atom stereocenters. The second kappa shape index (κ2) is 10.2. The number of urea groups is 1. The van der Waals surface area contributed by atoms with Crippen LogP contribution >= 0.6 is 11.6 Å². The highest BCUT2D eigenvalue weighted by Crippen LogP contribution is 2.38. The second-order valence-corrected chi connectivity index (χ2v) is 7.73. The first-order valence-corrected chi connectivity index (χ1v) is 10.8. The topological polar surface area (TPSA) is 76.2 Å². The zero-order valence-corrected chi connectivity index (χ0v) is 19.4. The van der Waals surface area contributed by atoms with E-state index in [-0.39, 0.29) is 28.7 Å². The van der Waals surface area contributed by atoms with Crippen LogP contribution in [0.5, 0.6) is 11.5 Å². The smallest absolute Gasteiger partial charge is 0.343 e. The molecule has 7 nitrogen and oxygen atoms in total. The van der Waals surface area contributed by atoms with Crippen molar-refractivity contribution in [1.29, 1.82) is 0 Å². The summed E-state index contributed by atoms with van der Waals surface area (Å²) in [5, 5.41) is 0.179. The summed E-state index contributed by atoms with van der Waals surface area (Å²) in [4.78, 5) is 42.2. The number of hydrogen-bond acceptors (Lipinski definition) is 5. The molecule has 1 heterocycles. The number of amides is 4. The molecule has 0 aromatic heterocycles. The lowest BCUT2D eigenvalue weighted by Crippen LogP contribution is -2.57. The van der Waals surface area contributed by atoms with Crippen molar-refractivity contribution >= 4 is 46.9 Å². The Morgan fingerprint density at radius 2 is 1.46 bits per heavy atom. The van der Waals surface area contributed by atoms with E-state index in [1.807, 2.05) is 0 Å². The van der Waals surface area contributed by atoms with E-state index in [0.717, 1.165) is 9.80 Å². The van der Waals surface area contributed by atoms with Gasteiger partial charge < -0.3 is 9.47 Å². The minimum absolute atomic E-state index is 0.0202. The van der Waals surface area contributed by atoms with E-state index in [1.54, 1.807) is 66.7 Å². The van der Waals surface area contributed by atoms with Gasteiger partial charge in [-0.2, -0.15) is 0 Å². The summed E-state index contributed by atoms with van der Waals surface area (Å²) in [5.41, 5.74) is 0.825. The Kier molecular flexibility index (Phi) is 6.86. The van der Waals surface area contributed by atoms with E-state index in [1.165, 1.54) is 19.3 Å². The largest absolute Gasteiger partial charge is 0.493 e. The quantitative estimate of drug-likeness (QED) is 0.280. The summed E-state index contributed by atoms with van der Waals surface area (Å²) in [6, 6.07) is 19.1. The molecular formula is C27H19ClN2O5. The molecule has 1 aliphatic heterocycles. The van der Waals surface area contributed by atoms with Gasteiger partial charge in [0, 0.05) is 0 Å². The lowest BCUT2D eigenvalue weighted by atomic mass is 10.0. The van der Waals surface area contributed by atoms with Crippen LogP contribution in [0.4, 0.5) is 16.2 Å². The standard InChI is InChI=1S/C27H19ClN2O5/c1-3-14-35-24-22(28)16-18(17-23(24)34-2)15-21-25(31)29(19-10-6-4-7-11-19)27(33)30(26(21)32)20-12-8-5-9-13-20/h1,4-13,15-17H,14H2,2H3. The van der Waals surface area contributed by atoms with Crippen LogP contribution in [0.2, 0.25) is 5.02 Å². The van der Waals surface area contributed by atoms with E-state index in [0.29, 0.717) is 16.9 Å². The molecular weight excluding hydrogens is 468 g/mol. The summed E-state index contributed by atoms with van der Waals surface area (Å²) in [5.74, 6) is 1.33. The zero-order valence-electron chi connectivity index (χ0n) is 18.6. The first-order chi connectivity index (χ1) is 17.0. The van der Waals surface area contributed by atoms with Crippen LogP contribution < -0.4 is 19.3 Å². The normalized spacial score (nSPS) is 13.5. The van der Waals surface area contributed by atoms with E-state index in [2.05, 4.69) is 5.92 Å². The molecule has 174 valence electrons. The van der Waals surface area contributed by atoms with Crippen LogP contribution in [0.25, 0.3) is 6.08 Å². The van der Waals surface area contributed by atoms with Crippen molar-refractivity contribution in [2.24, 2.45) is 0 Å². The van der Waals surface area contributed by atoms with Crippen molar-refractivity contribution < 1.29 is 23.9 Å². The zero-order chi connectivity index (χ0) is 24.9. The van der Waals surface area contributed by atoms with Gasteiger partial charge in [-0.05, 0) is 48.0 Å². The Hall–Kier alpha value is -4.54. The van der Waals surface area contributed by atoms with Gasteiger partial charge in [-0.1, -0.05) is 53.9 Å². The van der Waals surface area contributed by atoms with E-state index in [4.69, 9.17) is 27.5 Å². The molecule has 0 saturated carbocycles. The summed E-state index contributed by atoms with van der Waals surface area (Å²) in [6.07, 6.45) is 6.62. The summed E-state index contributed by atoms with van der Waals surface area (Å²) < 4.78 is 10.8. The van der Waals surface area contributed by atoms with Crippen molar-refractivity contribution in [3.05, 3.63) is 89.0 Å². The number of terminal acetylenes is 1. The van der Waals surface area contributed by atoms with Gasteiger partial charge in [-0.15, -0.1) is 6.42 Å². The fraction of sp³-hybridized carbons (Fsp3) is 0.0741.